The highest BCUT2D eigenvalue weighted by Crippen LogP contribution is 2.49. The summed E-state index contributed by atoms with van der Waals surface area (Å²) in [5, 5.41) is 8.94. The van der Waals surface area contributed by atoms with Crippen molar-refractivity contribution in [2.75, 3.05) is 33.0 Å². The second-order valence-electron chi connectivity index (χ2n) is 6.38. The molecule has 0 radical (unpaired) electrons. The number of allylic oxidation sites excluding steroid dienone is 1. The van der Waals surface area contributed by atoms with E-state index in [-0.39, 0.29) is 49.6 Å². The first-order valence-corrected chi connectivity index (χ1v) is 10.6. The molecule has 0 aliphatic heterocycles. The Kier molecular flexibility index (Phi) is 13.8. The average Bonchev–Trinajstić information content (AvgIpc) is 2.70. The van der Waals surface area contributed by atoms with Gasteiger partial charge in [0.25, 0.3) is 0 Å². The number of Topliss-reactive ketones (excluding diaryl/α,β-unsaturated/α-hetero) is 1. The molecule has 1 N–H and O–H groups in total. The number of phosphoric acid groups is 1. The van der Waals surface area contributed by atoms with E-state index >= 15 is 0 Å². The highest BCUT2D eigenvalue weighted by molar-refractivity contribution is 7.48. The minimum Gasteiger partial charge on any atom is -0.460 e. The van der Waals surface area contributed by atoms with Gasteiger partial charge in [0.2, 0.25) is 0 Å². The van der Waals surface area contributed by atoms with E-state index in [2.05, 4.69) is 24.6 Å². The van der Waals surface area contributed by atoms with Crippen LogP contribution in [0, 0.1) is 0 Å². The number of phosphoric ester groups is 1. The number of carbonyl (C=O) groups excluding carboxylic acids is 3. The van der Waals surface area contributed by atoms with Gasteiger partial charge in [-0.25, -0.2) is 19.0 Å². The summed E-state index contributed by atoms with van der Waals surface area (Å²) in [4.78, 5) is 38.6. The van der Waals surface area contributed by atoms with E-state index in [1.807, 2.05) is 0 Å². The van der Waals surface area contributed by atoms with Gasteiger partial charge in [-0.1, -0.05) is 19.7 Å². The summed E-state index contributed by atoms with van der Waals surface area (Å²) >= 11 is 0. The number of carbonyl (C=O) groups is 3. The molecule has 0 aromatic rings. The van der Waals surface area contributed by atoms with Gasteiger partial charge in [0.1, 0.15) is 19.3 Å². The van der Waals surface area contributed by atoms with Gasteiger partial charge in [-0.3, -0.25) is 23.6 Å². The van der Waals surface area contributed by atoms with Crippen LogP contribution in [0.2, 0.25) is 0 Å². The Labute approximate surface area is 181 Å². The van der Waals surface area contributed by atoms with Crippen LogP contribution in [0.3, 0.4) is 0 Å². The molecular weight excluding hydrogens is 435 g/mol. The fourth-order valence-electron chi connectivity index (χ4n) is 1.61. The van der Waals surface area contributed by atoms with Crippen LogP contribution in [0.4, 0.5) is 0 Å². The van der Waals surface area contributed by atoms with Gasteiger partial charge in [0.05, 0.1) is 19.8 Å². The molecule has 0 aromatic carbocycles. The maximum atomic E-state index is 12.8. The average molecular weight is 464 g/mol. The van der Waals surface area contributed by atoms with Crippen LogP contribution in [-0.4, -0.2) is 62.1 Å². The predicted molar refractivity (Wildman–Crippen MR) is 109 cm³/mol. The number of ether oxygens (including phenoxy) is 2. The van der Waals surface area contributed by atoms with Gasteiger partial charge in [-0.15, -0.1) is 0 Å². The molecule has 0 fully saturated rings. The van der Waals surface area contributed by atoms with Crippen molar-refractivity contribution in [1.82, 2.24) is 0 Å². The molecule has 0 amide bonds. The normalized spacial score (nSPS) is 12.0. The van der Waals surface area contributed by atoms with Crippen LogP contribution in [0.1, 0.15) is 27.2 Å². The second-order valence-corrected chi connectivity index (χ2v) is 8.05. The molecule has 31 heavy (non-hydrogen) atoms. The highest BCUT2D eigenvalue weighted by Gasteiger charge is 2.30. The lowest BCUT2D eigenvalue weighted by Gasteiger charge is -2.20. The Bertz CT molecular complexity index is 690. The van der Waals surface area contributed by atoms with Gasteiger partial charge in [0.15, 0.2) is 5.78 Å². The third-order valence-electron chi connectivity index (χ3n) is 3.29. The monoisotopic (exact) mass is 464 g/mol. The van der Waals surface area contributed by atoms with Crippen molar-refractivity contribution >= 4 is 25.5 Å². The summed E-state index contributed by atoms with van der Waals surface area (Å²) in [6, 6.07) is 0. The van der Waals surface area contributed by atoms with E-state index in [4.69, 9.17) is 28.3 Å². The molecule has 1 unspecified atom stereocenters. The fourth-order valence-corrected chi connectivity index (χ4v) is 2.78. The van der Waals surface area contributed by atoms with Gasteiger partial charge >= 0.3 is 19.8 Å². The fraction of sp³-hybridized carbons (Fsp3) is 0.526. The van der Waals surface area contributed by atoms with Crippen LogP contribution in [0.15, 0.2) is 36.5 Å². The van der Waals surface area contributed by atoms with E-state index in [0.717, 1.165) is 0 Å². The van der Waals surface area contributed by atoms with Crippen LogP contribution in [-0.2, 0) is 46.9 Å². The molecule has 0 saturated heterocycles. The largest absolute Gasteiger partial charge is 0.475 e. The standard InChI is InChI=1S/C19H29O11P/c1-13(2)17(20)11-16(30-23)12-29-31(24,27-9-7-25-18(21)14(3)4)28-10-8-26-19(22)15(5)6/h16,23H,1,3,5,7-12H2,2,4,6H3. The third kappa shape index (κ3) is 13.0. The molecule has 0 bridgehead atoms. The molecular formula is C19H29O11P. The maximum absolute atomic E-state index is 12.8. The zero-order valence-electron chi connectivity index (χ0n) is 17.9. The Morgan fingerprint density at radius 3 is 1.61 bits per heavy atom. The minimum absolute atomic E-state index is 0.167. The molecule has 0 heterocycles. The molecule has 12 heteroatoms. The first-order valence-electron chi connectivity index (χ1n) is 9.09. The maximum Gasteiger partial charge on any atom is 0.475 e. The van der Waals surface area contributed by atoms with Gasteiger partial charge < -0.3 is 9.47 Å². The second kappa shape index (κ2) is 14.8. The van der Waals surface area contributed by atoms with Gasteiger partial charge in [-0.2, -0.15) is 0 Å². The number of hydrogen-bond acceptors (Lipinski definition) is 11. The lowest BCUT2D eigenvalue weighted by atomic mass is 10.1. The van der Waals surface area contributed by atoms with E-state index in [1.54, 1.807) is 0 Å². The van der Waals surface area contributed by atoms with E-state index in [9.17, 15) is 18.9 Å². The number of hydrogen-bond donors (Lipinski definition) is 1. The first-order chi connectivity index (χ1) is 14.4. The zero-order valence-corrected chi connectivity index (χ0v) is 18.8. The molecule has 0 aromatic heterocycles. The lowest BCUT2D eigenvalue weighted by molar-refractivity contribution is -0.283. The third-order valence-corrected chi connectivity index (χ3v) is 4.75. The zero-order chi connectivity index (χ0) is 24.0. The summed E-state index contributed by atoms with van der Waals surface area (Å²) in [5.74, 6) is -1.74. The Morgan fingerprint density at radius 1 is 0.806 bits per heavy atom. The van der Waals surface area contributed by atoms with Crippen LogP contribution in [0.25, 0.3) is 0 Å². The summed E-state index contributed by atoms with van der Waals surface area (Å²) in [6.07, 6.45) is -1.47. The van der Waals surface area contributed by atoms with Crippen LogP contribution < -0.4 is 0 Å². The number of esters is 2. The van der Waals surface area contributed by atoms with Crippen LogP contribution in [0.5, 0.6) is 0 Å². The Hall–Kier alpha value is -2.14. The molecule has 1 atom stereocenters. The first kappa shape index (κ1) is 28.9. The van der Waals surface area contributed by atoms with E-state index in [0.29, 0.717) is 0 Å². The van der Waals surface area contributed by atoms with Crippen molar-refractivity contribution in [3.63, 3.8) is 0 Å². The quantitative estimate of drug-likeness (QED) is 0.0847. The summed E-state index contributed by atoms with van der Waals surface area (Å²) < 4.78 is 37.7. The van der Waals surface area contributed by atoms with Crippen molar-refractivity contribution in [1.29, 1.82) is 0 Å². The molecule has 0 spiro atoms. The molecule has 0 saturated carbocycles. The summed E-state index contributed by atoms with van der Waals surface area (Å²) in [7, 11) is -4.27. The van der Waals surface area contributed by atoms with Crippen molar-refractivity contribution in [2.24, 2.45) is 0 Å². The topological polar surface area (TPSA) is 144 Å². The number of rotatable bonds is 17. The lowest BCUT2D eigenvalue weighted by Crippen LogP contribution is -2.23. The Balaban J connectivity index is 4.87. The van der Waals surface area contributed by atoms with Crippen molar-refractivity contribution in [3.8, 4) is 0 Å². The SMILES string of the molecule is C=C(C)C(=O)CC(COP(=O)(OCCOC(=O)C(=C)C)OCCOC(=O)C(=C)C)OO. The van der Waals surface area contributed by atoms with E-state index in [1.165, 1.54) is 20.8 Å². The smallest absolute Gasteiger partial charge is 0.460 e. The van der Waals surface area contributed by atoms with Crippen molar-refractivity contribution in [3.05, 3.63) is 36.5 Å². The molecule has 11 nitrogen and oxygen atoms in total. The van der Waals surface area contributed by atoms with E-state index < -0.39 is 38.3 Å². The number of ketones is 1. The summed E-state index contributed by atoms with van der Waals surface area (Å²) in [6.45, 7) is 12.9. The molecule has 0 rings (SSSR count). The van der Waals surface area contributed by atoms with Crippen LogP contribution >= 0.6 is 7.82 Å². The highest BCUT2D eigenvalue weighted by atomic mass is 31.2. The molecule has 0 aliphatic rings. The van der Waals surface area contributed by atoms with Gasteiger partial charge in [-0.05, 0) is 26.3 Å². The Morgan fingerprint density at radius 2 is 1.26 bits per heavy atom. The van der Waals surface area contributed by atoms with Crippen molar-refractivity contribution in [2.45, 2.75) is 33.3 Å². The van der Waals surface area contributed by atoms with Gasteiger partial charge in [0, 0.05) is 17.6 Å². The van der Waals surface area contributed by atoms with Crippen molar-refractivity contribution < 1.29 is 52.1 Å². The molecule has 176 valence electrons. The minimum atomic E-state index is -4.27. The summed E-state index contributed by atoms with van der Waals surface area (Å²) in [5.41, 5.74) is 0.566. The predicted octanol–water partition coefficient (Wildman–Crippen LogP) is 2.78. The molecule has 0 aliphatic carbocycles.